The molecular weight excluding hydrogens is 384 g/mol. The van der Waals surface area contributed by atoms with Crippen molar-refractivity contribution in [2.45, 2.75) is 84.0 Å². The molecule has 1 aromatic carbocycles. The van der Waals surface area contributed by atoms with Crippen molar-refractivity contribution in [2.24, 2.45) is 11.8 Å². The second kappa shape index (κ2) is 14.5. The maximum absolute atomic E-state index is 12.5. The van der Waals surface area contributed by atoms with Gasteiger partial charge >= 0.3 is 11.9 Å². The first kappa shape index (κ1) is 25.5. The predicted octanol–water partition coefficient (Wildman–Crippen LogP) is 6.72. The Morgan fingerprint density at radius 3 is 1.55 bits per heavy atom. The number of benzene rings is 1. The summed E-state index contributed by atoms with van der Waals surface area (Å²) in [7, 11) is 0. The van der Waals surface area contributed by atoms with E-state index in [2.05, 4.69) is 40.3 Å². The monoisotopic (exact) mass is 422 g/mol. The van der Waals surface area contributed by atoms with Crippen LogP contribution >= 0.6 is 12.6 Å². The lowest BCUT2D eigenvalue weighted by molar-refractivity contribution is 0.0425. The van der Waals surface area contributed by atoms with Crippen LogP contribution in [0.2, 0.25) is 0 Å². The highest BCUT2D eigenvalue weighted by molar-refractivity contribution is 7.80. The first-order valence-corrected chi connectivity index (χ1v) is 11.6. The summed E-state index contributed by atoms with van der Waals surface area (Å²) in [5.74, 6) is -0.0909. The second-order valence-corrected chi connectivity index (χ2v) is 8.31. The molecule has 1 aromatic rings. The molecular formula is C24H38O4S. The molecule has 0 saturated heterocycles. The van der Waals surface area contributed by atoms with Crippen LogP contribution in [0.15, 0.2) is 23.1 Å². The molecule has 164 valence electrons. The standard InChI is InChI=1S/C24H38O4S/c1-5-9-11-18(7-3)16-27-23(25)20-13-21(15-22(29)14-20)24(26)28-17-19(8-4)12-10-6-2/h13-15,18-19,29H,5-12,16-17H2,1-4H3. The van der Waals surface area contributed by atoms with Gasteiger partial charge in [0.2, 0.25) is 0 Å². The summed E-state index contributed by atoms with van der Waals surface area (Å²) in [5, 5.41) is 0. The van der Waals surface area contributed by atoms with Gasteiger partial charge in [0.15, 0.2) is 0 Å². The Morgan fingerprint density at radius 2 is 1.21 bits per heavy atom. The fourth-order valence-electron chi connectivity index (χ4n) is 3.20. The molecule has 0 radical (unpaired) electrons. The Balaban J connectivity index is 2.70. The van der Waals surface area contributed by atoms with Crippen LogP contribution in [0.5, 0.6) is 0 Å². The van der Waals surface area contributed by atoms with Gasteiger partial charge in [-0.05, 0) is 42.9 Å². The molecule has 0 saturated carbocycles. The van der Waals surface area contributed by atoms with Crippen molar-refractivity contribution in [2.75, 3.05) is 13.2 Å². The van der Waals surface area contributed by atoms with Crippen LogP contribution in [0.3, 0.4) is 0 Å². The van der Waals surface area contributed by atoms with Crippen LogP contribution in [0.25, 0.3) is 0 Å². The number of esters is 2. The summed E-state index contributed by atoms with van der Waals surface area (Å²) in [4.78, 5) is 25.5. The first-order valence-electron chi connectivity index (χ1n) is 11.1. The van der Waals surface area contributed by atoms with Crippen LogP contribution in [0.1, 0.15) is 99.8 Å². The van der Waals surface area contributed by atoms with Crippen molar-refractivity contribution in [3.05, 3.63) is 29.3 Å². The van der Waals surface area contributed by atoms with E-state index >= 15 is 0 Å². The molecule has 0 aliphatic carbocycles. The second-order valence-electron chi connectivity index (χ2n) is 7.80. The Labute approximate surface area is 182 Å². The van der Waals surface area contributed by atoms with E-state index in [4.69, 9.17) is 9.47 Å². The Kier molecular flexibility index (Phi) is 12.8. The molecule has 0 bridgehead atoms. The Morgan fingerprint density at radius 1 is 0.793 bits per heavy atom. The minimum atomic E-state index is -0.417. The van der Waals surface area contributed by atoms with Crippen LogP contribution in [0, 0.1) is 11.8 Å². The molecule has 2 atom stereocenters. The fraction of sp³-hybridized carbons (Fsp3) is 0.667. The maximum Gasteiger partial charge on any atom is 0.338 e. The van der Waals surface area contributed by atoms with Gasteiger partial charge in [0.1, 0.15) is 0 Å². The number of hydrogen-bond acceptors (Lipinski definition) is 5. The minimum Gasteiger partial charge on any atom is -0.462 e. The van der Waals surface area contributed by atoms with Crippen LogP contribution in [0.4, 0.5) is 0 Å². The molecule has 1 rings (SSSR count). The summed E-state index contributed by atoms with van der Waals surface area (Å²) in [6, 6.07) is 4.81. The summed E-state index contributed by atoms with van der Waals surface area (Å²) in [5.41, 5.74) is 0.681. The molecule has 29 heavy (non-hydrogen) atoms. The van der Waals surface area contributed by atoms with E-state index in [1.54, 1.807) is 18.2 Å². The van der Waals surface area contributed by atoms with E-state index in [-0.39, 0.29) is 0 Å². The Hall–Kier alpha value is -1.49. The number of hydrogen-bond donors (Lipinski definition) is 1. The minimum absolute atomic E-state index is 0.341. The maximum atomic E-state index is 12.5. The van der Waals surface area contributed by atoms with Crippen molar-refractivity contribution >= 4 is 24.6 Å². The number of ether oxygens (including phenoxy) is 2. The van der Waals surface area contributed by atoms with Gasteiger partial charge in [0, 0.05) is 4.90 Å². The third kappa shape index (κ3) is 9.70. The molecule has 0 fully saturated rings. The zero-order valence-electron chi connectivity index (χ0n) is 18.5. The smallest absolute Gasteiger partial charge is 0.338 e. The van der Waals surface area contributed by atoms with Crippen molar-refractivity contribution < 1.29 is 19.1 Å². The molecule has 4 nitrogen and oxygen atoms in total. The van der Waals surface area contributed by atoms with Gasteiger partial charge in [-0.15, -0.1) is 12.6 Å². The predicted molar refractivity (Wildman–Crippen MR) is 121 cm³/mol. The van der Waals surface area contributed by atoms with Gasteiger partial charge in [-0.25, -0.2) is 9.59 Å². The van der Waals surface area contributed by atoms with Crippen molar-refractivity contribution in [1.29, 1.82) is 0 Å². The molecule has 0 heterocycles. The summed E-state index contributed by atoms with van der Waals surface area (Å²) in [6.07, 6.45) is 8.61. The molecule has 0 amide bonds. The molecule has 2 unspecified atom stereocenters. The zero-order chi connectivity index (χ0) is 21.6. The third-order valence-corrected chi connectivity index (χ3v) is 5.63. The van der Waals surface area contributed by atoms with Crippen molar-refractivity contribution in [3.8, 4) is 0 Å². The zero-order valence-corrected chi connectivity index (χ0v) is 19.4. The van der Waals surface area contributed by atoms with E-state index in [1.165, 1.54) is 0 Å². The van der Waals surface area contributed by atoms with Gasteiger partial charge in [0.25, 0.3) is 0 Å². The number of thiol groups is 1. The average molecular weight is 423 g/mol. The lowest BCUT2D eigenvalue weighted by Gasteiger charge is -2.16. The summed E-state index contributed by atoms with van der Waals surface area (Å²) < 4.78 is 11.0. The van der Waals surface area contributed by atoms with E-state index in [9.17, 15) is 9.59 Å². The van der Waals surface area contributed by atoms with E-state index < -0.39 is 11.9 Å². The van der Waals surface area contributed by atoms with Gasteiger partial charge in [-0.1, -0.05) is 66.2 Å². The highest BCUT2D eigenvalue weighted by Gasteiger charge is 2.17. The molecule has 0 aliphatic rings. The largest absolute Gasteiger partial charge is 0.462 e. The lowest BCUT2D eigenvalue weighted by atomic mass is 10.0. The van der Waals surface area contributed by atoms with E-state index in [1.807, 2.05) is 0 Å². The van der Waals surface area contributed by atoms with Gasteiger partial charge in [0.05, 0.1) is 24.3 Å². The fourth-order valence-corrected chi connectivity index (χ4v) is 3.48. The number of carbonyl (C=O) groups is 2. The van der Waals surface area contributed by atoms with Gasteiger partial charge in [-0.2, -0.15) is 0 Å². The van der Waals surface area contributed by atoms with Gasteiger partial charge in [-0.3, -0.25) is 0 Å². The normalized spacial score (nSPS) is 13.0. The molecule has 0 spiro atoms. The third-order valence-electron chi connectivity index (χ3n) is 5.38. The van der Waals surface area contributed by atoms with Crippen LogP contribution in [-0.2, 0) is 9.47 Å². The number of unbranched alkanes of at least 4 members (excludes halogenated alkanes) is 2. The molecule has 0 aromatic heterocycles. The lowest BCUT2D eigenvalue weighted by Crippen LogP contribution is -2.16. The van der Waals surface area contributed by atoms with E-state index in [0.717, 1.165) is 51.4 Å². The molecule has 5 heteroatoms. The SMILES string of the molecule is CCCCC(CC)COC(=O)c1cc(S)cc(C(=O)OCC(CC)CCCC)c1. The average Bonchev–Trinajstić information content (AvgIpc) is 2.73. The number of carbonyl (C=O) groups excluding carboxylic acids is 2. The Bertz CT molecular complexity index is 579. The van der Waals surface area contributed by atoms with Crippen molar-refractivity contribution in [1.82, 2.24) is 0 Å². The topological polar surface area (TPSA) is 52.6 Å². The first-order chi connectivity index (χ1) is 13.9. The number of rotatable bonds is 14. The summed E-state index contributed by atoms with van der Waals surface area (Å²) >= 11 is 4.34. The van der Waals surface area contributed by atoms with E-state index in [0.29, 0.717) is 41.1 Å². The van der Waals surface area contributed by atoms with Crippen LogP contribution < -0.4 is 0 Å². The highest BCUT2D eigenvalue weighted by Crippen LogP contribution is 2.19. The molecule has 0 aliphatic heterocycles. The molecule has 0 N–H and O–H groups in total. The summed E-state index contributed by atoms with van der Waals surface area (Å²) in [6.45, 7) is 9.35. The quantitative estimate of drug-likeness (QED) is 0.267. The van der Waals surface area contributed by atoms with Gasteiger partial charge < -0.3 is 9.47 Å². The van der Waals surface area contributed by atoms with Crippen LogP contribution in [-0.4, -0.2) is 25.2 Å². The van der Waals surface area contributed by atoms with Crippen molar-refractivity contribution in [3.63, 3.8) is 0 Å². The highest BCUT2D eigenvalue weighted by atomic mass is 32.1.